The Morgan fingerprint density at radius 3 is 2.76 bits per heavy atom. The number of hydrogen-bond donors (Lipinski definition) is 2. The summed E-state index contributed by atoms with van der Waals surface area (Å²) in [6, 6.07) is 3.78. The van der Waals surface area contributed by atoms with Gasteiger partial charge in [0, 0.05) is 19.4 Å². The Morgan fingerprint density at radius 2 is 2.18 bits per heavy atom. The molecule has 5 nitrogen and oxygen atoms in total. The SMILES string of the molecule is COCCCS(=O)(=O)Nc1ccc(N)cc1F. The Hall–Kier alpha value is -1.34. The highest BCUT2D eigenvalue weighted by Gasteiger charge is 2.12. The van der Waals surface area contributed by atoms with Crippen LogP contribution >= 0.6 is 0 Å². The van der Waals surface area contributed by atoms with E-state index in [0.29, 0.717) is 13.0 Å². The topological polar surface area (TPSA) is 81.4 Å². The minimum atomic E-state index is -3.55. The smallest absolute Gasteiger partial charge is 0.232 e. The number of benzene rings is 1. The summed E-state index contributed by atoms with van der Waals surface area (Å²) in [5.74, 6) is -0.815. The zero-order valence-electron chi connectivity index (χ0n) is 9.44. The van der Waals surface area contributed by atoms with Crippen molar-refractivity contribution in [3.8, 4) is 0 Å². The Bertz CT molecular complexity index is 476. The van der Waals surface area contributed by atoms with Crippen LogP contribution in [-0.4, -0.2) is 27.9 Å². The summed E-state index contributed by atoms with van der Waals surface area (Å²) >= 11 is 0. The molecule has 1 aromatic carbocycles. The molecule has 0 aliphatic rings. The standard InChI is InChI=1S/C10H15FN2O3S/c1-16-5-2-6-17(14,15)13-10-4-3-8(12)7-9(10)11/h3-4,7,13H,2,5-6,12H2,1H3. The lowest BCUT2D eigenvalue weighted by Gasteiger charge is -2.08. The molecule has 96 valence electrons. The molecule has 0 saturated heterocycles. The second kappa shape index (κ2) is 5.83. The molecule has 0 heterocycles. The molecule has 3 N–H and O–H groups in total. The van der Waals surface area contributed by atoms with Crippen LogP contribution < -0.4 is 10.5 Å². The van der Waals surface area contributed by atoms with E-state index < -0.39 is 15.8 Å². The summed E-state index contributed by atoms with van der Waals surface area (Å²) in [5, 5.41) is 0. The molecule has 0 aliphatic carbocycles. The summed E-state index contributed by atoms with van der Waals surface area (Å²) in [6.45, 7) is 0.338. The van der Waals surface area contributed by atoms with Crippen LogP contribution in [0, 0.1) is 5.82 Å². The minimum Gasteiger partial charge on any atom is -0.399 e. The summed E-state index contributed by atoms with van der Waals surface area (Å²) < 4.78 is 43.3. The second-order valence-electron chi connectivity index (χ2n) is 3.51. The Morgan fingerprint density at radius 1 is 1.47 bits per heavy atom. The zero-order valence-corrected chi connectivity index (χ0v) is 10.3. The van der Waals surface area contributed by atoms with E-state index in [9.17, 15) is 12.8 Å². The third-order valence-corrected chi connectivity index (χ3v) is 3.38. The predicted molar refractivity (Wildman–Crippen MR) is 64.7 cm³/mol. The lowest BCUT2D eigenvalue weighted by molar-refractivity contribution is 0.199. The maximum atomic E-state index is 13.3. The summed E-state index contributed by atoms with van der Waals surface area (Å²) in [7, 11) is -2.07. The number of methoxy groups -OCH3 is 1. The fourth-order valence-electron chi connectivity index (χ4n) is 1.23. The number of halogens is 1. The highest BCUT2D eigenvalue weighted by atomic mass is 32.2. The number of sulfonamides is 1. The third kappa shape index (κ3) is 4.58. The highest BCUT2D eigenvalue weighted by Crippen LogP contribution is 2.18. The fourth-order valence-corrected chi connectivity index (χ4v) is 2.33. The predicted octanol–water partition coefficient (Wildman–Crippen LogP) is 1.19. The first-order valence-electron chi connectivity index (χ1n) is 4.99. The van der Waals surface area contributed by atoms with Gasteiger partial charge in [-0.3, -0.25) is 4.72 Å². The van der Waals surface area contributed by atoms with Crippen LogP contribution in [0.4, 0.5) is 15.8 Å². The number of nitrogens with two attached hydrogens (primary N) is 1. The van der Waals surface area contributed by atoms with Crippen molar-refractivity contribution in [3.05, 3.63) is 24.0 Å². The first-order valence-corrected chi connectivity index (χ1v) is 6.64. The fraction of sp³-hybridized carbons (Fsp3) is 0.400. The summed E-state index contributed by atoms with van der Waals surface area (Å²) in [4.78, 5) is 0. The van der Waals surface area contributed by atoms with Gasteiger partial charge in [-0.2, -0.15) is 0 Å². The van der Waals surface area contributed by atoms with Crippen molar-refractivity contribution in [2.45, 2.75) is 6.42 Å². The Balaban J connectivity index is 2.69. The molecule has 7 heteroatoms. The van der Waals surface area contributed by atoms with Crippen molar-refractivity contribution >= 4 is 21.4 Å². The molecule has 0 aromatic heterocycles. The van der Waals surface area contributed by atoms with E-state index in [0.717, 1.165) is 6.07 Å². The van der Waals surface area contributed by atoms with Crippen LogP contribution in [-0.2, 0) is 14.8 Å². The maximum absolute atomic E-state index is 13.3. The number of anilines is 2. The van der Waals surface area contributed by atoms with E-state index in [-0.39, 0.29) is 17.1 Å². The van der Waals surface area contributed by atoms with E-state index in [1.165, 1.54) is 19.2 Å². The number of nitrogens with one attached hydrogen (secondary N) is 1. The molecule has 0 fully saturated rings. The lowest BCUT2D eigenvalue weighted by Crippen LogP contribution is -2.18. The van der Waals surface area contributed by atoms with Crippen molar-refractivity contribution in [2.24, 2.45) is 0 Å². The minimum absolute atomic E-state index is 0.100. The number of nitrogen functional groups attached to an aromatic ring is 1. The molecule has 0 saturated carbocycles. The van der Waals surface area contributed by atoms with E-state index in [4.69, 9.17) is 10.5 Å². The second-order valence-corrected chi connectivity index (χ2v) is 5.35. The summed E-state index contributed by atoms with van der Waals surface area (Å²) in [5.41, 5.74) is 5.50. The van der Waals surface area contributed by atoms with Gasteiger partial charge in [0.15, 0.2) is 0 Å². The molecular formula is C10H15FN2O3S. The van der Waals surface area contributed by atoms with Gasteiger partial charge >= 0.3 is 0 Å². The lowest BCUT2D eigenvalue weighted by atomic mass is 10.3. The number of hydrogen-bond acceptors (Lipinski definition) is 4. The molecule has 0 radical (unpaired) electrons. The Kier molecular flexibility index (Phi) is 4.71. The van der Waals surface area contributed by atoms with Gasteiger partial charge in [0.2, 0.25) is 10.0 Å². The summed E-state index contributed by atoms with van der Waals surface area (Å²) in [6.07, 6.45) is 0.350. The maximum Gasteiger partial charge on any atom is 0.232 e. The van der Waals surface area contributed by atoms with Crippen LogP contribution in [0.2, 0.25) is 0 Å². The highest BCUT2D eigenvalue weighted by molar-refractivity contribution is 7.92. The van der Waals surface area contributed by atoms with Gasteiger partial charge < -0.3 is 10.5 Å². The molecule has 0 aliphatic heterocycles. The van der Waals surface area contributed by atoms with Crippen molar-refractivity contribution < 1.29 is 17.5 Å². The van der Waals surface area contributed by atoms with Crippen LogP contribution in [0.25, 0.3) is 0 Å². The van der Waals surface area contributed by atoms with Gasteiger partial charge in [-0.05, 0) is 24.6 Å². The van der Waals surface area contributed by atoms with Crippen molar-refractivity contribution in [1.29, 1.82) is 0 Å². The van der Waals surface area contributed by atoms with E-state index in [1.807, 2.05) is 0 Å². The van der Waals surface area contributed by atoms with Crippen molar-refractivity contribution in [2.75, 3.05) is 29.9 Å². The number of rotatable bonds is 6. The van der Waals surface area contributed by atoms with Gasteiger partial charge in [-0.1, -0.05) is 0 Å². The normalized spacial score (nSPS) is 11.4. The molecule has 1 rings (SSSR count). The average Bonchev–Trinajstić information content (AvgIpc) is 2.22. The van der Waals surface area contributed by atoms with Crippen LogP contribution in [0.1, 0.15) is 6.42 Å². The third-order valence-electron chi connectivity index (χ3n) is 2.02. The molecule has 17 heavy (non-hydrogen) atoms. The van der Waals surface area contributed by atoms with Gasteiger partial charge in [-0.25, -0.2) is 12.8 Å². The van der Waals surface area contributed by atoms with Crippen LogP contribution in [0.5, 0.6) is 0 Å². The van der Waals surface area contributed by atoms with E-state index in [2.05, 4.69) is 4.72 Å². The average molecular weight is 262 g/mol. The van der Waals surface area contributed by atoms with Crippen molar-refractivity contribution in [1.82, 2.24) is 0 Å². The van der Waals surface area contributed by atoms with Gasteiger partial charge in [0.25, 0.3) is 0 Å². The number of ether oxygens (including phenoxy) is 1. The monoisotopic (exact) mass is 262 g/mol. The molecule has 1 aromatic rings. The molecule has 0 amide bonds. The largest absolute Gasteiger partial charge is 0.399 e. The first-order chi connectivity index (χ1) is 7.94. The quantitative estimate of drug-likeness (QED) is 0.596. The van der Waals surface area contributed by atoms with Crippen LogP contribution in [0.3, 0.4) is 0 Å². The zero-order chi connectivity index (χ0) is 12.9. The molecule has 0 unspecified atom stereocenters. The first kappa shape index (κ1) is 13.7. The van der Waals surface area contributed by atoms with E-state index in [1.54, 1.807) is 0 Å². The molecule has 0 spiro atoms. The molecule has 0 bridgehead atoms. The van der Waals surface area contributed by atoms with Crippen LogP contribution in [0.15, 0.2) is 18.2 Å². The molecular weight excluding hydrogens is 247 g/mol. The van der Waals surface area contributed by atoms with Gasteiger partial charge in [0.05, 0.1) is 11.4 Å². The van der Waals surface area contributed by atoms with E-state index >= 15 is 0 Å². The van der Waals surface area contributed by atoms with Gasteiger partial charge in [0.1, 0.15) is 5.82 Å². The van der Waals surface area contributed by atoms with Gasteiger partial charge in [-0.15, -0.1) is 0 Å². The molecule has 0 atom stereocenters. The Labute approximate surface area is 99.8 Å². The van der Waals surface area contributed by atoms with Crippen molar-refractivity contribution in [3.63, 3.8) is 0 Å².